The normalized spacial score (nSPS) is 12.7. The lowest BCUT2D eigenvalue weighted by Crippen LogP contribution is -2.06. The molecule has 6 heterocycles. The van der Waals surface area contributed by atoms with Crippen molar-refractivity contribution in [1.29, 1.82) is 0 Å². The number of thiophene rings is 1. The monoisotopic (exact) mass is 779 g/mol. The van der Waals surface area contributed by atoms with Gasteiger partial charge in [0.15, 0.2) is 5.82 Å². The molecule has 0 N–H and O–H groups in total. The molecule has 0 amide bonds. The van der Waals surface area contributed by atoms with Gasteiger partial charge in [-0.3, -0.25) is 9.13 Å². The summed E-state index contributed by atoms with van der Waals surface area (Å²) in [6, 6.07) is 64.3. The van der Waals surface area contributed by atoms with E-state index < -0.39 is 0 Å². The summed E-state index contributed by atoms with van der Waals surface area (Å²) >= 11 is 1.77. The highest BCUT2D eigenvalue weighted by atomic mass is 32.1. The second-order valence-electron chi connectivity index (χ2n) is 16.1. The summed E-state index contributed by atoms with van der Waals surface area (Å²) in [6.07, 6.45) is 0. The molecule has 276 valence electrons. The molecule has 15 aromatic rings. The Morgan fingerprint density at radius 2 is 0.983 bits per heavy atom. The van der Waals surface area contributed by atoms with Crippen molar-refractivity contribution >= 4 is 135 Å². The Balaban J connectivity index is 1.15. The second kappa shape index (κ2) is 11.0. The molecule has 0 atom stereocenters. The summed E-state index contributed by atoms with van der Waals surface area (Å²) in [5.41, 5.74) is 9.11. The van der Waals surface area contributed by atoms with Gasteiger partial charge in [-0.15, -0.1) is 11.3 Å². The molecule has 0 aliphatic rings. The predicted molar refractivity (Wildman–Crippen MR) is 253 cm³/mol. The maximum atomic E-state index is 5.77. The Hall–Kier alpha value is -7.80. The van der Waals surface area contributed by atoms with E-state index in [0.717, 1.165) is 43.5 Å². The van der Waals surface area contributed by atoms with E-state index in [1.165, 1.54) is 85.9 Å². The Bertz CT molecular complexity index is 4370. The molecule has 0 saturated carbocycles. The minimum Gasteiger partial charge on any atom is -0.308 e. The van der Waals surface area contributed by atoms with Gasteiger partial charge < -0.3 is 4.40 Å². The minimum absolute atomic E-state index is 0.658. The number of fused-ring (bicyclic) bond motifs is 19. The molecule has 6 heteroatoms. The first-order valence-corrected chi connectivity index (χ1v) is 21.2. The molecule has 0 saturated heterocycles. The zero-order valence-corrected chi connectivity index (χ0v) is 32.7. The Morgan fingerprint density at radius 1 is 0.367 bits per heavy atom. The number of rotatable bonds is 2. The number of hydrogen-bond acceptors (Lipinski definition) is 3. The highest BCUT2D eigenvalue weighted by Gasteiger charge is 2.27. The van der Waals surface area contributed by atoms with Crippen LogP contribution in [0, 0.1) is 0 Å². The zero-order chi connectivity index (χ0) is 38.8. The van der Waals surface area contributed by atoms with E-state index in [1.54, 1.807) is 11.3 Å². The first-order valence-electron chi connectivity index (χ1n) is 20.4. The average Bonchev–Trinajstić information content (AvgIpc) is 4.10. The number of aromatic nitrogens is 5. The topological polar surface area (TPSA) is 40.0 Å². The summed E-state index contributed by atoms with van der Waals surface area (Å²) in [7, 11) is 0. The van der Waals surface area contributed by atoms with Crippen molar-refractivity contribution in [3.8, 4) is 11.8 Å². The van der Waals surface area contributed by atoms with Crippen molar-refractivity contribution in [3.05, 3.63) is 176 Å². The standard InChI is InChI=1S/C54H29N5S/c1-2-15-32-28-44-38(27-31(32)14-1)39-29-45-48(49-36-19-7-9-21-40(36)57(44)51(39)49)35-18-6-11-23-42(35)59(45)54-55-50-37-20-8-12-24-46(37)60-52(50)53(56-54)58-41-22-10-5-17-34(41)47-33-16-4-3-13-30(33)25-26-43(47)58/h1-29H. The molecule has 0 aliphatic carbocycles. The Labute approximate surface area is 344 Å². The smallest absolute Gasteiger partial charge is 0.237 e. The van der Waals surface area contributed by atoms with E-state index in [0.29, 0.717) is 5.95 Å². The number of hydrogen-bond donors (Lipinski definition) is 0. The van der Waals surface area contributed by atoms with Gasteiger partial charge in [-0.1, -0.05) is 127 Å². The summed E-state index contributed by atoms with van der Waals surface area (Å²) in [5.74, 6) is 1.55. The van der Waals surface area contributed by atoms with Crippen LogP contribution in [0.3, 0.4) is 0 Å². The molecule has 0 spiro atoms. The highest BCUT2D eigenvalue weighted by Crippen LogP contribution is 2.48. The second-order valence-corrected chi connectivity index (χ2v) is 17.2. The van der Waals surface area contributed by atoms with Gasteiger partial charge in [0.2, 0.25) is 5.95 Å². The molecule has 9 aromatic carbocycles. The third-order valence-electron chi connectivity index (χ3n) is 13.1. The summed E-state index contributed by atoms with van der Waals surface area (Å²) < 4.78 is 9.49. The van der Waals surface area contributed by atoms with Crippen molar-refractivity contribution in [3.63, 3.8) is 0 Å². The van der Waals surface area contributed by atoms with Gasteiger partial charge in [-0.05, 0) is 70.1 Å². The molecule has 5 nitrogen and oxygen atoms in total. The van der Waals surface area contributed by atoms with E-state index >= 15 is 0 Å². The molecule has 0 bridgehead atoms. The van der Waals surface area contributed by atoms with Crippen LogP contribution < -0.4 is 0 Å². The van der Waals surface area contributed by atoms with Crippen LogP contribution in [0.15, 0.2) is 176 Å². The summed E-state index contributed by atoms with van der Waals surface area (Å²) in [5, 5.41) is 15.9. The van der Waals surface area contributed by atoms with E-state index in [1.807, 2.05) is 0 Å². The number of benzene rings is 9. The largest absolute Gasteiger partial charge is 0.308 e. The van der Waals surface area contributed by atoms with E-state index in [2.05, 4.69) is 189 Å². The van der Waals surface area contributed by atoms with Crippen LogP contribution in [-0.2, 0) is 0 Å². The third kappa shape index (κ3) is 3.78. The minimum atomic E-state index is 0.658. The molecule has 0 unspecified atom stereocenters. The van der Waals surface area contributed by atoms with Crippen LogP contribution in [0.2, 0.25) is 0 Å². The first-order chi connectivity index (χ1) is 29.8. The SMILES string of the molecule is c1ccc2cc3c(cc2c1)c1cc2c(c4ccccc4n2-c2nc(-n4c5ccccc5c5c6ccccc6ccc54)c4sc5ccccc5c4n2)c2c4ccccc4n3c12. The molecular formula is C54H29N5S. The van der Waals surface area contributed by atoms with E-state index in [9.17, 15) is 0 Å². The van der Waals surface area contributed by atoms with Crippen molar-refractivity contribution in [2.75, 3.05) is 0 Å². The lowest BCUT2D eigenvalue weighted by atomic mass is 10.0. The van der Waals surface area contributed by atoms with Gasteiger partial charge >= 0.3 is 0 Å². The van der Waals surface area contributed by atoms with Gasteiger partial charge in [-0.25, -0.2) is 4.98 Å². The molecule has 0 fully saturated rings. The molecule has 15 rings (SSSR count). The van der Waals surface area contributed by atoms with Crippen LogP contribution >= 0.6 is 11.3 Å². The van der Waals surface area contributed by atoms with Crippen molar-refractivity contribution in [2.24, 2.45) is 0 Å². The lowest BCUT2D eigenvalue weighted by Gasteiger charge is -2.13. The average molecular weight is 780 g/mol. The summed E-state index contributed by atoms with van der Waals surface area (Å²) in [6.45, 7) is 0. The van der Waals surface area contributed by atoms with Crippen LogP contribution in [0.1, 0.15) is 0 Å². The van der Waals surface area contributed by atoms with Crippen LogP contribution in [-0.4, -0.2) is 23.5 Å². The molecule has 60 heavy (non-hydrogen) atoms. The van der Waals surface area contributed by atoms with Crippen LogP contribution in [0.5, 0.6) is 0 Å². The van der Waals surface area contributed by atoms with Gasteiger partial charge in [0, 0.05) is 53.2 Å². The fraction of sp³-hybridized carbons (Fsp3) is 0. The van der Waals surface area contributed by atoms with E-state index in [4.69, 9.17) is 9.97 Å². The van der Waals surface area contributed by atoms with Gasteiger partial charge in [0.05, 0.1) is 48.8 Å². The number of para-hydroxylation sites is 3. The third-order valence-corrected chi connectivity index (χ3v) is 14.3. The van der Waals surface area contributed by atoms with Gasteiger partial charge in [0.25, 0.3) is 0 Å². The Morgan fingerprint density at radius 3 is 1.78 bits per heavy atom. The van der Waals surface area contributed by atoms with Crippen molar-refractivity contribution in [2.45, 2.75) is 0 Å². The molecule has 6 aromatic heterocycles. The maximum Gasteiger partial charge on any atom is 0.237 e. The Kier molecular flexibility index (Phi) is 5.74. The van der Waals surface area contributed by atoms with Crippen LogP contribution in [0.25, 0.3) is 135 Å². The first kappa shape index (κ1) is 31.2. The molecular weight excluding hydrogens is 751 g/mol. The molecule has 0 aliphatic heterocycles. The summed E-state index contributed by atoms with van der Waals surface area (Å²) in [4.78, 5) is 11.4. The van der Waals surface area contributed by atoms with Gasteiger partial charge in [-0.2, -0.15) is 4.98 Å². The van der Waals surface area contributed by atoms with E-state index in [-0.39, 0.29) is 0 Å². The predicted octanol–water partition coefficient (Wildman–Crippen LogP) is 14.5. The van der Waals surface area contributed by atoms with Gasteiger partial charge in [0.1, 0.15) is 0 Å². The fourth-order valence-electron chi connectivity index (χ4n) is 10.7. The fourth-order valence-corrected chi connectivity index (χ4v) is 11.8. The van der Waals surface area contributed by atoms with Crippen molar-refractivity contribution in [1.82, 2.24) is 23.5 Å². The highest BCUT2D eigenvalue weighted by molar-refractivity contribution is 7.26. The maximum absolute atomic E-state index is 5.77. The molecule has 0 radical (unpaired) electrons. The lowest BCUT2D eigenvalue weighted by molar-refractivity contribution is 0.977. The van der Waals surface area contributed by atoms with Crippen LogP contribution in [0.4, 0.5) is 0 Å². The zero-order valence-electron chi connectivity index (χ0n) is 31.9. The van der Waals surface area contributed by atoms with Crippen molar-refractivity contribution < 1.29 is 0 Å². The number of nitrogens with zero attached hydrogens (tertiary/aromatic N) is 5. The quantitative estimate of drug-likeness (QED) is 0.175.